The molecule has 0 N–H and O–H groups in total. The Labute approximate surface area is 86.3 Å². The van der Waals surface area contributed by atoms with Gasteiger partial charge in [-0.1, -0.05) is 5.16 Å². The van der Waals surface area contributed by atoms with Gasteiger partial charge in [0.2, 0.25) is 0 Å². The average molecular weight is 206 g/mol. The normalized spacial score (nSPS) is 16.1. The number of hydrogen-bond donors (Lipinski definition) is 0. The molecule has 1 aliphatic heterocycles. The first kappa shape index (κ1) is 9.64. The van der Waals surface area contributed by atoms with Crippen LogP contribution in [0.2, 0.25) is 0 Å². The molecule has 0 aliphatic carbocycles. The van der Waals surface area contributed by atoms with Crippen LogP contribution in [0.25, 0.3) is 0 Å². The first-order valence-electron chi connectivity index (χ1n) is 4.54. The molecule has 78 valence electrons. The van der Waals surface area contributed by atoms with Gasteiger partial charge in [-0.2, -0.15) is 0 Å². The number of aromatic nitrogens is 1. The van der Waals surface area contributed by atoms with E-state index in [1.165, 1.54) is 6.08 Å². The molecule has 0 spiro atoms. The van der Waals surface area contributed by atoms with E-state index in [2.05, 4.69) is 5.16 Å². The van der Waals surface area contributed by atoms with Crippen LogP contribution in [0.3, 0.4) is 0 Å². The Morgan fingerprint density at radius 3 is 2.60 bits per heavy atom. The summed E-state index contributed by atoms with van der Waals surface area (Å²) in [6, 6.07) is 1.70. The second-order valence-electron chi connectivity index (χ2n) is 3.49. The number of amides is 2. The number of hydrogen-bond acceptors (Lipinski definition) is 4. The summed E-state index contributed by atoms with van der Waals surface area (Å²) in [5.41, 5.74) is 1.04. The predicted molar refractivity (Wildman–Crippen MR) is 50.6 cm³/mol. The molecule has 0 fully saturated rings. The van der Waals surface area contributed by atoms with E-state index in [1.54, 1.807) is 19.9 Å². The molecule has 15 heavy (non-hydrogen) atoms. The molecule has 0 unspecified atom stereocenters. The SMILES string of the molecule is CC1=CC(=O)N(Cc2cc(C)on2)C1=O. The maximum atomic E-state index is 11.5. The monoisotopic (exact) mass is 206 g/mol. The van der Waals surface area contributed by atoms with Crippen molar-refractivity contribution in [3.63, 3.8) is 0 Å². The van der Waals surface area contributed by atoms with Gasteiger partial charge in [0, 0.05) is 17.7 Å². The number of aryl methyl sites for hydroxylation is 1. The minimum absolute atomic E-state index is 0.169. The molecule has 5 nitrogen and oxygen atoms in total. The van der Waals surface area contributed by atoms with Gasteiger partial charge in [0.25, 0.3) is 11.8 Å². The Kier molecular flexibility index (Phi) is 2.15. The van der Waals surface area contributed by atoms with E-state index in [0.717, 1.165) is 4.90 Å². The third-order valence-corrected chi connectivity index (χ3v) is 2.19. The molecule has 1 aromatic heterocycles. The molecular formula is C10H10N2O3. The third-order valence-electron chi connectivity index (χ3n) is 2.19. The highest BCUT2D eigenvalue weighted by Gasteiger charge is 2.28. The van der Waals surface area contributed by atoms with Crippen LogP contribution in [-0.2, 0) is 16.1 Å². The zero-order valence-corrected chi connectivity index (χ0v) is 8.48. The standard InChI is InChI=1S/C10H10N2O3/c1-6-3-9(13)12(10(6)14)5-8-4-7(2)15-11-8/h3-4H,5H2,1-2H3. The topological polar surface area (TPSA) is 63.4 Å². The number of carbonyl (C=O) groups is 2. The second kappa shape index (κ2) is 3.34. The molecule has 2 heterocycles. The summed E-state index contributed by atoms with van der Waals surface area (Å²) in [6.07, 6.45) is 1.33. The quantitative estimate of drug-likeness (QED) is 0.671. The van der Waals surface area contributed by atoms with Crippen LogP contribution >= 0.6 is 0 Å². The number of rotatable bonds is 2. The van der Waals surface area contributed by atoms with Crippen molar-refractivity contribution in [2.24, 2.45) is 0 Å². The summed E-state index contributed by atoms with van der Waals surface area (Å²) in [4.78, 5) is 24.0. The van der Waals surface area contributed by atoms with Crippen molar-refractivity contribution >= 4 is 11.8 Å². The van der Waals surface area contributed by atoms with Crippen LogP contribution in [-0.4, -0.2) is 21.9 Å². The fourth-order valence-electron chi connectivity index (χ4n) is 1.44. The lowest BCUT2D eigenvalue weighted by Crippen LogP contribution is -2.30. The highest BCUT2D eigenvalue weighted by Crippen LogP contribution is 2.15. The predicted octanol–water partition coefficient (Wildman–Crippen LogP) is 0.798. The van der Waals surface area contributed by atoms with Crippen LogP contribution in [0.5, 0.6) is 0 Å². The van der Waals surface area contributed by atoms with Crippen LogP contribution < -0.4 is 0 Å². The van der Waals surface area contributed by atoms with E-state index in [4.69, 9.17) is 4.52 Å². The summed E-state index contributed by atoms with van der Waals surface area (Å²) in [7, 11) is 0. The number of imide groups is 1. The molecule has 2 rings (SSSR count). The minimum Gasteiger partial charge on any atom is -0.361 e. The molecule has 0 saturated carbocycles. The van der Waals surface area contributed by atoms with Crippen molar-refractivity contribution in [1.82, 2.24) is 10.1 Å². The van der Waals surface area contributed by atoms with Gasteiger partial charge in [0.15, 0.2) is 0 Å². The van der Waals surface area contributed by atoms with E-state index in [1.807, 2.05) is 0 Å². The van der Waals surface area contributed by atoms with Gasteiger partial charge < -0.3 is 4.52 Å². The zero-order chi connectivity index (χ0) is 11.0. The molecule has 0 radical (unpaired) electrons. The minimum atomic E-state index is -0.293. The summed E-state index contributed by atoms with van der Waals surface area (Å²) < 4.78 is 4.86. The Morgan fingerprint density at radius 2 is 2.13 bits per heavy atom. The summed E-state index contributed by atoms with van der Waals surface area (Å²) in [5.74, 6) is 0.104. The van der Waals surface area contributed by atoms with E-state index in [-0.39, 0.29) is 18.4 Å². The number of carbonyl (C=O) groups excluding carboxylic acids is 2. The lowest BCUT2D eigenvalue weighted by Gasteiger charge is -2.11. The summed E-state index contributed by atoms with van der Waals surface area (Å²) in [6.45, 7) is 3.55. The first-order chi connectivity index (χ1) is 7.08. The maximum absolute atomic E-state index is 11.5. The molecular weight excluding hydrogens is 196 g/mol. The Morgan fingerprint density at radius 1 is 1.40 bits per heavy atom. The van der Waals surface area contributed by atoms with Gasteiger partial charge in [-0.25, -0.2) is 0 Å². The van der Waals surface area contributed by atoms with E-state index in [0.29, 0.717) is 17.0 Å². The van der Waals surface area contributed by atoms with E-state index in [9.17, 15) is 9.59 Å². The van der Waals surface area contributed by atoms with Crippen molar-refractivity contribution in [3.8, 4) is 0 Å². The van der Waals surface area contributed by atoms with E-state index < -0.39 is 0 Å². The van der Waals surface area contributed by atoms with Gasteiger partial charge in [-0.3, -0.25) is 14.5 Å². The van der Waals surface area contributed by atoms with Crippen molar-refractivity contribution in [1.29, 1.82) is 0 Å². The lowest BCUT2D eigenvalue weighted by atomic mass is 10.3. The lowest BCUT2D eigenvalue weighted by molar-refractivity contribution is -0.137. The molecule has 1 aromatic rings. The number of nitrogens with zero attached hydrogens (tertiary/aromatic N) is 2. The largest absolute Gasteiger partial charge is 0.361 e. The molecule has 0 atom stereocenters. The van der Waals surface area contributed by atoms with Crippen molar-refractivity contribution in [2.45, 2.75) is 20.4 Å². The highest BCUT2D eigenvalue weighted by atomic mass is 16.5. The van der Waals surface area contributed by atoms with E-state index >= 15 is 0 Å². The van der Waals surface area contributed by atoms with Crippen LogP contribution in [0.1, 0.15) is 18.4 Å². The molecule has 0 bridgehead atoms. The molecule has 0 saturated heterocycles. The van der Waals surface area contributed by atoms with Gasteiger partial charge in [0.1, 0.15) is 11.5 Å². The Hall–Kier alpha value is -1.91. The van der Waals surface area contributed by atoms with Gasteiger partial charge >= 0.3 is 0 Å². The Bertz CT molecular complexity index is 459. The first-order valence-corrected chi connectivity index (χ1v) is 4.54. The maximum Gasteiger partial charge on any atom is 0.256 e. The highest BCUT2D eigenvalue weighted by molar-refractivity contribution is 6.15. The van der Waals surface area contributed by atoms with Crippen molar-refractivity contribution in [3.05, 3.63) is 29.2 Å². The smallest absolute Gasteiger partial charge is 0.256 e. The van der Waals surface area contributed by atoms with Gasteiger partial charge in [-0.15, -0.1) is 0 Å². The van der Waals surface area contributed by atoms with Crippen LogP contribution in [0, 0.1) is 6.92 Å². The fraction of sp³-hybridized carbons (Fsp3) is 0.300. The van der Waals surface area contributed by atoms with Crippen LogP contribution in [0.4, 0.5) is 0 Å². The molecule has 1 aliphatic rings. The summed E-state index contributed by atoms with van der Waals surface area (Å²) in [5, 5.41) is 3.73. The second-order valence-corrected chi connectivity index (χ2v) is 3.49. The van der Waals surface area contributed by atoms with Gasteiger partial charge in [-0.05, 0) is 13.8 Å². The summed E-state index contributed by atoms with van der Waals surface area (Å²) >= 11 is 0. The third kappa shape index (κ3) is 1.68. The molecule has 0 aromatic carbocycles. The van der Waals surface area contributed by atoms with Crippen molar-refractivity contribution < 1.29 is 14.1 Å². The fourth-order valence-corrected chi connectivity index (χ4v) is 1.44. The average Bonchev–Trinajstić information content (AvgIpc) is 2.67. The van der Waals surface area contributed by atoms with Gasteiger partial charge in [0.05, 0.1) is 6.54 Å². The Balaban J connectivity index is 2.15. The van der Waals surface area contributed by atoms with Crippen molar-refractivity contribution in [2.75, 3.05) is 0 Å². The van der Waals surface area contributed by atoms with Crippen LogP contribution in [0.15, 0.2) is 22.2 Å². The molecule has 5 heteroatoms. The zero-order valence-electron chi connectivity index (χ0n) is 8.48. The molecule has 2 amide bonds.